The van der Waals surface area contributed by atoms with Crippen molar-refractivity contribution in [3.63, 3.8) is 0 Å². The van der Waals surface area contributed by atoms with Crippen molar-refractivity contribution in [2.75, 3.05) is 24.6 Å². The fourth-order valence-corrected chi connectivity index (χ4v) is 3.31. The Hall–Kier alpha value is -3.92. The number of nitrogens with one attached hydrogen (secondary N) is 1. The van der Waals surface area contributed by atoms with E-state index < -0.39 is 23.9 Å². The molecule has 1 aliphatic rings. The molecule has 0 saturated carbocycles. The van der Waals surface area contributed by atoms with Crippen LogP contribution in [0.3, 0.4) is 0 Å². The lowest BCUT2D eigenvalue weighted by Crippen LogP contribution is -2.28. The minimum Gasteiger partial charge on any atom is -0.471 e. The number of ether oxygens (including phenoxy) is 2. The first kappa shape index (κ1) is 21.3. The molecule has 1 aliphatic heterocycles. The van der Waals surface area contributed by atoms with Gasteiger partial charge in [-0.2, -0.15) is 0 Å². The Bertz CT molecular complexity index is 1090. The van der Waals surface area contributed by atoms with Crippen LogP contribution in [0.4, 0.5) is 14.9 Å². The number of aromatic nitrogens is 1. The van der Waals surface area contributed by atoms with E-state index in [9.17, 15) is 14.0 Å². The minimum atomic E-state index is -0.571. The number of benzene rings is 2. The Morgan fingerprint density at radius 3 is 2.75 bits per heavy atom. The summed E-state index contributed by atoms with van der Waals surface area (Å²) in [4.78, 5) is 24.4. The van der Waals surface area contributed by atoms with Crippen LogP contribution in [0.1, 0.15) is 5.56 Å². The van der Waals surface area contributed by atoms with Crippen molar-refractivity contribution in [1.82, 2.24) is 10.5 Å². The topological polar surface area (TPSA) is 120 Å². The second-order valence-corrected chi connectivity index (χ2v) is 7.20. The van der Waals surface area contributed by atoms with E-state index in [1.54, 1.807) is 30.3 Å². The average Bonchev–Trinajstić information content (AvgIpc) is 3.42. The molecule has 0 unspecified atom stereocenters. The van der Waals surface area contributed by atoms with Crippen molar-refractivity contribution in [2.24, 2.45) is 5.73 Å². The van der Waals surface area contributed by atoms with Crippen LogP contribution in [0, 0.1) is 5.82 Å². The van der Waals surface area contributed by atoms with Crippen LogP contribution >= 0.6 is 0 Å². The lowest BCUT2D eigenvalue weighted by Gasteiger charge is -2.14. The molecule has 0 bridgehead atoms. The van der Waals surface area contributed by atoms with Crippen molar-refractivity contribution < 1.29 is 28.0 Å². The first-order chi connectivity index (χ1) is 15.5. The Kier molecular flexibility index (Phi) is 6.31. The molecule has 0 radical (unpaired) electrons. The van der Waals surface area contributed by atoms with Crippen LogP contribution < -0.4 is 20.7 Å². The molecule has 1 saturated heterocycles. The quantitative estimate of drug-likeness (QED) is 0.524. The Labute approximate surface area is 182 Å². The van der Waals surface area contributed by atoms with Gasteiger partial charge in [0, 0.05) is 18.2 Å². The van der Waals surface area contributed by atoms with Gasteiger partial charge in [-0.1, -0.05) is 24.3 Å². The fraction of sp³-hybridized carbons (Fsp3) is 0.227. The first-order valence-electron chi connectivity index (χ1n) is 9.89. The summed E-state index contributed by atoms with van der Waals surface area (Å²) in [5, 5.41) is 6.55. The molecule has 3 N–H and O–H groups in total. The lowest BCUT2D eigenvalue weighted by molar-refractivity contribution is -0.117. The van der Waals surface area contributed by atoms with E-state index in [-0.39, 0.29) is 19.7 Å². The average molecular weight is 440 g/mol. The number of carbonyl (C=O) groups is 2. The van der Waals surface area contributed by atoms with Gasteiger partial charge in [-0.05, 0) is 34.5 Å². The summed E-state index contributed by atoms with van der Waals surface area (Å²) in [6.45, 7) is 0.895. The fourth-order valence-electron chi connectivity index (χ4n) is 3.31. The van der Waals surface area contributed by atoms with E-state index in [2.05, 4.69) is 15.0 Å². The Morgan fingerprint density at radius 1 is 1.25 bits per heavy atom. The van der Waals surface area contributed by atoms with E-state index >= 15 is 0 Å². The highest BCUT2D eigenvalue weighted by molar-refractivity contribution is 5.90. The second kappa shape index (κ2) is 9.48. The summed E-state index contributed by atoms with van der Waals surface area (Å²) in [6, 6.07) is 13.4. The van der Waals surface area contributed by atoms with Gasteiger partial charge in [0.2, 0.25) is 5.91 Å². The maximum atomic E-state index is 14.9. The Morgan fingerprint density at radius 2 is 2.06 bits per heavy atom. The summed E-state index contributed by atoms with van der Waals surface area (Å²) in [6.07, 6.45) is 0.289. The van der Waals surface area contributed by atoms with Gasteiger partial charge in [0.15, 0.2) is 6.10 Å². The molecule has 2 amide bonds. The monoisotopic (exact) mass is 440 g/mol. The number of primary amides is 1. The third-order valence-corrected chi connectivity index (χ3v) is 4.86. The zero-order chi connectivity index (χ0) is 22.5. The molecule has 2 aromatic carbocycles. The van der Waals surface area contributed by atoms with Crippen LogP contribution in [0.15, 0.2) is 59.3 Å². The predicted molar refractivity (Wildman–Crippen MR) is 112 cm³/mol. The maximum Gasteiger partial charge on any atom is 0.414 e. The summed E-state index contributed by atoms with van der Waals surface area (Å²) < 4.78 is 30.2. The molecule has 0 aliphatic carbocycles. The first-order valence-corrected chi connectivity index (χ1v) is 9.89. The molecular formula is C22H21FN4O5. The smallest absolute Gasteiger partial charge is 0.414 e. The van der Waals surface area contributed by atoms with Crippen molar-refractivity contribution >= 4 is 17.7 Å². The van der Waals surface area contributed by atoms with E-state index in [1.165, 1.54) is 17.2 Å². The molecule has 2 heterocycles. The highest BCUT2D eigenvalue weighted by Crippen LogP contribution is 2.29. The van der Waals surface area contributed by atoms with Crippen LogP contribution in [0.25, 0.3) is 11.1 Å². The van der Waals surface area contributed by atoms with Crippen LogP contribution in [0.2, 0.25) is 0 Å². The number of hydrogen-bond donors (Lipinski definition) is 2. The van der Waals surface area contributed by atoms with Gasteiger partial charge in [-0.15, -0.1) is 0 Å². The van der Waals surface area contributed by atoms with Crippen LogP contribution in [0.5, 0.6) is 5.88 Å². The molecule has 0 spiro atoms. The van der Waals surface area contributed by atoms with E-state index in [0.717, 1.165) is 5.56 Å². The normalized spacial score (nSPS) is 15.6. The maximum absolute atomic E-state index is 14.9. The van der Waals surface area contributed by atoms with Gasteiger partial charge < -0.3 is 25.0 Å². The summed E-state index contributed by atoms with van der Waals surface area (Å²) in [5.41, 5.74) is 7.52. The minimum absolute atomic E-state index is 0.0873. The zero-order valence-corrected chi connectivity index (χ0v) is 17.0. The molecule has 4 rings (SSSR count). The summed E-state index contributed by atoms with van der Waals surface area (Å²) in [5.74, 6) is -0.596. The van der Waals surface area contributed by atoms with Gasteiger partial charge >= 0.3 is 6.09 Å². The molecule has 166 valence electrons. The van der Waals surface area contributed by atoms with Gasteiger partial charge in [0.25, 0.3) is 5.88 Å². The highest BCUT2D eigenvalue weighted by Gasteiger charge is 2.33. The van der Waals surface area contributed by atoms with Gasteiger partial charge in [-0.3, -0.25) is 9.69 Å². The van der Waals surface area contributed by atoms with Crippen molar-refractivity contribution in [2.45, 2.75) is 12.6 Å². The van der Waals surface area contributed by atoms with Gasteiger partial charge in [-0.25, -0.2) is 9.18 Å². The van der Waals surface area contributed by atoms with Gasteiger partial charge in [0.1, 0.15) is 18.7 Å². The number of hydrogen-bond acceptors (Lipinski definition) is 7. The van der Waals surface area contributed by atoms with Crippen LogP contribution in [-0.2, 0) is 16.1 Å². The van der Waals surface area contributed by atoms with E-state index in [4.69, 9.17) is 15.2 Å². The van der Waals surface area contributed by atoms with Crippen LogP contribution in [-0.4, -0.2) is 43.0 Å². The SMILES string of the molecule is NC(=O)CNCc1ccc(-c2ccc(N3C[C@H](COc4ccon4)OC3=O)cc2F)cc1. The molecule has 1 fully saturated rings. The second-order valence-electron chi connectivity index (χ2n) is 7.20. The summed E-state index contributed by atoms with van der Waals surface area (Å²) >= 11 is 0. The molecular weight excluding hydrogens is 419 g/mol. The third kappa shape index (κ3) is 5.03. The molecule has 1 aromatic heterocycles. The number of halogens is 1. The van der Waals surface area contributed by atoms with Crippen molar-refractivity contribution in [3.05, 3.63) is 66.2 Å². The Balaban J connectivity index is 1.39. The molecule has 32 heavy (non-hydrogen) atoms. The number of nitrogens with two attached hydrogens (primary N) is 1. The van der Waals surface area contributed by atoms with Crippen molar-refractivity contribution in [3.8, 4) is 17.0 Å². The van der Waals surface area contributed by atoms with E-state index in [0.29, 0.717) is 29.2 Å². The number of carbonyl (C=O) groups excluding carboxylic acids is 2. The molecule has 1 atom stereocenters. The number of amides is 2. The van der Waals surface area contributed by atoms with Crippen molar-refractivity contribution in [1.29, 1.82) is 0 Å². The molecule has 9 nitrogen and oxygen atoms in total. The third-order valence-electron chi connectivity index (χ3n) is 4.86. The lowest BCUT2D eigenvalue weighted by atomic mass is 10.0. The standard InChI is InChI=1S/C22H21FN4O5/c23-19-9-16(27-12-17(32-22(27)29)13-30-21-7-8-31-26-21)5-6-18(19)15-3-1-14(2-4-15)10-25-11-20(24)28/h1-9,17,25H,10-13H2,(H2,24,28)/t17-/m1/s1. The number of anilines is 1. The van der Waals surface area contributed by atoms with E-state index in [1.807, 2.05) is 12.1 Å². The number of nitrogens with zero attached hydrogens (tertiary/aromatic N) is 2. The predicted octanol–water partition coefficient (Wildman–Crippen LogP) is 2.46. The van der Waals surface area contributed by atoms with Gasteiger partial charge in [0.05, 0.1) is 18.8 Å². The largest absolute Gasteiger partial charge is 0.471 e. The molecule has 3 aromatic rings. The zero-order valence-electron chi connectivity index (χ0n) is 17.0. The molecule has 10 heteroatoms. The number of rotatable bonds is 9. The number of cyclic esters (lactones) is 1. The summed E-state index contributed by atoms with van der Waals surface area (Å²) in [7, 11) is 0. The highest BCUT2D eigenvalue weighted by atomic mass is 19.1.